The standard InChI is InChI=1S/C13H17N3S2/c1-2-17-10-4-3-9(7-10)16-13-12-11(5-6-18-12)14-8-15-13/h5-6,8-10H,2-4,7H2,1H3,(H,14,15,16). The lowest BCUT2D eigenvalue weighted by molar-refractivity contribution is 0.753. The van der Waals surface area contributed by atoms with E-state index in [1.807, 2.05) is 0 Å². The second-order valence-corrected chi connectivity index (χ2v) is 7.08. The molecule has 0 radical (unpaired) electrons. The quantitative estimate of drug-likeness (QED) is 0.924. The van der Waals surface area contributed by atoms with E-state index in [0.29, 0.717) is 6.04 Å². The van der Waals surface area contributed by atoms with Crippen LogP contribution in [0.2, 0.25) is 0 Å². The van der Waals surface area contributed by atoms with Crippen LogP contribution >= 0.6 is 23.1 Å². The van der Waals surface area contributed by atoms with Crippen LogP contribution in [0.3, 0.4) is 0 Å². The molecule has 3 rings (SSSR count). The molecule has 1 fully saturated rings. The van der Waals surface area contributed by atoms with Crippen molar-refractivity contribution >= 4 is 39.1 Å². The van der Waals surface area contributed by atoms with Crippen molar-refractivity contribution in [3.05, 3.63) is 17.8 Å². The maximum absolute atomic E-state index is 4.40. The van der Waals surface area contributed by atoms with E-state index in [4.69, 9.17) is 0 Å². The first-order valence-corrected chi connectivity index (χ1v) is 8.36. The number of rotatable bonds is 4. The van der Waals surface area contributed by atoms with E-state index in [2.05, 4.69) is 45.4 Å². The Labute approximate surface area is 115 Å². The van der Waals surface area contributed by atoms with Crippen molar-refractivity contribution in [2.45, 2.75) is 37.5 Å². The molecule has 2 atom stereocenters. The topological polar surface area (TPSA) is 37.8 Å². The Balaban J connectivity index is 1.71. The Morgan fingerprint density at radius 2 is 2.39 bits per heavy atom. The van der Waals surface area contributed by atoms with Crippen LogP contribution in [0.25, 0.3) is 10.2 Å². The molecule has 18 heavy (non-hydrogen) atoms. The van der Waals surface area contributed by atoms with E-state index in [1.165, 1.54) is 29.7 Å². The first-order chi connectivity index (χ1) is 8.86. The zero-order valence-electron chi connectivity index (χ0n) is 10.4. The van der Waals surface area contributed by atoms with E-state index in [9.17, 15) is 0 Å². The molecule has 2 unspecified atom stereocenters. The molecular formula is C13H17N3S2. The number of thiophene rings is 1. The second-order valence-electron chi connectivity index (χ2n) is 4.59. The molecule has 2 heterocycles. The number of nitrogens with one attached hydrogen (secondary N) is 1. The largest absolute Gasteiger partial charge is 0.366 e. The first-order valence-electron chi connectivity index (χ1n) is 6.43. The number of thioether (sulfide) groups is 1. The van der Waals surface area contributed by atoms with Crippen molar-refractivity contribution in [1.29, 1.82) is 0 Å². The summed E-state index contributed by atoms with van der Waals surface area (Å²) in [7, 11) is 0. The van der Waals surface area contributed by atoms with Gasteiger partial charge in [-0.05, 0) is 36.5 Å². The fourth-order valence-corrected chi connectivity index (χ4v) is 4.48. The van der Waals surface area contributed by atoms with Crippen LogP contribution < -0.4 is 5.32 Å². The summed E-state index contributed by atoms with van der Waals surface area (Å²) in [6.45, 7) is 2.24. The van der Waals surface area contributed by atoms with Crippen molar-refractivity contribution in [2.24, 2.45) is 0 Å². The van der Waals surface area contributed by atoms with Crippen molar-refractivity contribution in [1.82, 2.24) is 9.97 Å². The van der Waals surface area contributed by atoms with Gasteiger partial charge in [-0.3, -0.25) is 0 Å². The van der Waals surface area contributed by atoms with Crippen molar-refractivity contribution < 1.29 is 0 Å². The number of anilines is 1. The van der Waals surface area contributed by atoms with Crippen LogP contribution in [0.5, 0.6) is 0 Å². The molecule has 1 aliphatic carbocycles. The summed E-state index contributed by atoms with van der Waals surface area (Å²) < 4.78 is 1.18. The number of hydrogen-bond acceptors (Lipinski definition) is 5. The van der Waals surface area contributed by atoms with Crippen LogP contribution in [-0.4, -0.2) is 27.0 Å². The van der Waals surface area contributed by atoms with E-state index in [-0.39, 0.29) is 0 Å². The van der Waals surface area contributed by atoms with Crippen molar-refractivity contribution in [3.8, 4) is 0 Å². The molecule has 1 saturated carbocycles. The highest BCUT2D eigenvalue weighted by Gasteiger charge is 2.25. The molecule has 2 aromatic rings. The van der Waals surface area contributed by atoms with Crippen molar-refractivity contribution in [3.63, 3.8) is 0 Å². The minimum atomic E-state index is 0.578. The summed E-state index contributed by atoms with van der Waals surface area (Å²) in [4.78, 5) is 8.67. The first kappa shape index (κ1) is 12.2. The summed E-state index contributed by atoms with van der Waals surface area (Å²) >= 11 is 3.80. The Hall–Kier alpha value is -0.810. The number of nitrogens with zero attached hydrogens (tertiary/aromatic N) is 2. The predicted molar refractivity (Wildman–Crippen MR) is 80.6 cm³/mol. The fraction of sp³-hybridized carbons (Fsp3) is 0.538. The molecule has 96 valence electrons. The van der Waals surface area contributed by atoms with E-state index in [0.717, 1.165) is 16.6 Å². The molecule has 2 aromatic heterocycles. The van der Waals surface area contributed by atoms with Gasteiger partial charge in [0, 0.05) is 11.3 Å². The molecule has 1 N–H and O–H groups in total. The average molecular weight is 279 g/mol. The van der Waals surface area contributed by atoms with Gasteiger partial charge in [0.05, 0.1) is 10.2 Å². The van der Waals surface area contributed by atoms with Gasteiger partial charge in [-0.2, -0.15) is 11.8 Å². The van der Waals surface area contributed by atoms with Crippen LogP contribution in [0.1, 0.15) is 26.2 Å². The van der Waals surface area contributed by atoms with Gasteiger partial charge < -0.3 is 5.32 Å². The SMILES string of the molecule is CCSC1CCC(Nc2ncnc3ccsc23)C1. The third-order valence-corrected chi connectivity index (χ3v) is 5.51. The predicted octanol–water partition coefficient (Wildman–Crippen LogP) is 3.78. The maximum Gasteiger partial charge on any atom is 0.147 e. The Bertz CT molecular complexity index is 526. The molecule has 0 spiro atoms. The summed E-state index contributed by atoms with van der Waals surface area (Å²) in [6, 6.07) is 2.63. The second kappa shape index (κ2) is 5.45. The molecule has 0 amide bonds. The number of fused-ring (bicyclic) bond motifs is 1. The molecule has 0 saturated heterocycles. The molecule has 1 aliphatic rings. The van der Waals surface area contributed by atoms with Crippen molar-refractivity contribution in [2.75, 3.05) is 11.1 Å². The summed E-state index contributed by atoms with van der Waals surface area (Å²) in [6.07, 6.45) is 5.50. The third-order valence-electron chi connectivity index (χ3n) is 3.37. The zero-order chi connectivity index (χ0) is 12.4. The van der Waals surface area contributed by atoms with Gasteiger partial charge in [0.25, 0.3) is 0 Å². The van der Waals surface area contributed by atoms with Crippen LogP contribution in [-0.2, 0) is 0 Å². The van der Waals surface area contributed by atoms with Gasteiger partial charge in [-0.25, -0.2) is 9.97 Å². The van der Waals surface area contributed by atoms with Gasteiger partial charge in [0.15, 0.2) is 0 Å². The lowest BCUT2D eigenvalue weighted by Gasteiger charge is -2.13. The summed E-state index contributed by atoms with van der Waals surface area (Å²) in [5.41, 5.74) is 1.05. The number of aromatic nitrogens is 2. The minimum absolute atomic E-state index is 0.578. The smallest absolute Gasteiger partial charge is 0.147 e. The Morgan fingerprint density at radius 1 is 1.44 bits per heavy atom. The highest BCUT2D eigenvalue weighted by atomic mass is 32.2. The van der Waals surface area contributed by atoms with Crippen LogP contribution in [0.15, 0.2) is 17.8 Å². The van der Waals surface area contributed by atoms with E-state index < -0.39 is 0 Å². The Morgan fingerprint density at radius 3 is 3.28 bits per heavy atom. The molecule has 5 heteroatoms. The monoisotopic (exact) mass is 279 g/mol. The molecule has 3 nitrogen and oxygen atoms in total. The highest BCUT2D eigenvalue weighted by molar-refractivity contribution is 7.99. The lowest BCUT2D eigenvalue weighted by atomic mass is 10.2. The fourth-order valence-electron chi connectivity index (χ4n) is 2.54. The summed E-state index contributed by atoms with van der Waals surface area (Å²) in [5, 5.41) is 6.51. The van der Waals surface area contributed by atoms with Gasteiger partial charge in [-0.15, -0.1) is 11.3 Å². The average Bonchev–Trinajstić information content (AvgIpc) is 2.99. The normalized spacial score (nSPS) is 23.6. The van der Waals surface area contributed by atoms with Gasteiger partial charge in [0.1, 0.15) is 12.1 Å². The maximum atomic E-state index is 4.40. The summed E-state index contributed by atoms with van der Waals surface area (Å²) in [5.74, 6) is 2.24. The number of hydrogen-bond donors (Lipinski definition) is 1. The molecular weight excluding hydrogens is 262 g/mol. The van der Waals surface area contributed by atoms with Crippen LogP contribution in [0.4, 0.5) is 5.82 Å². The molecule has 0 aliphatic heterocycles. The van der Waals surface area contributed by atoms with Gasteiger partial charge in [-0.1, -0.05) is 6.92 Å². The third kappa shape index (κ3) is 2.47. The molecule has 0 aromatic carbocycles. The highest BCUT2D eigenvalue weighted by Crippen LogP contribution is 2.33. The van der Waals surface area contributed by atoms with Crippen LogP contribution in [0, 0.1) is 0 Å². The lowest BCUT2D eigenvalue weighted by Crippen LogP contribution is -2.17. The van der Waals surface area contributed by atoms with E-state index in [1.54, 1.807) is 17.7 Å². The minimum Gasteiger partial charge on any atom is -0.366 e. The van der Waals surface area contributed by atoms with Gasteiger partial charge in [0.2, 0.25) is 0 Å². The van der Waals surface area contributed by atoms with Gasteiger partial charge >= 0.3 is 0 Å². The van der Waals surface area contributed by atoms with E-state index >= 15 is 0 Å². The zero-order valence-corrected chi connectivity index (χ0v) is 12.1. The Kier molecular flexibility index (Phi) is 3.70. The molecule has 0 bridgehead atoms.